The van der Waals surface area contributed by atoms with Crippen LogP contribution < -0.4 is 5.32 Å². The third-order valence-corrected chi connectivity index (χ3v) is 3.71. The summed E-state index contributed by atoms with van der Waals surface area (Å²) in [6.07, 6.45) is 1.37. The average molecular weight is 336 g/mol. The van der Waals surface area contributed by atoms with Crippen molar-refractivity contribution in [2.24, 2.45) is 0 Å². The van der Waals surface area contributed by atoms with Crippen molar-refractivity contribution in [2.45, 2.75) is 12.8 Å². The Labute approximate surface area is 146 Å². The molecule has 0 saturated carbocycles. The monoisotopic (exact) mass is 336 g/mol. The van der Waals surface area contributed by atoms with Crippen molar-refractivity contribution in [3.05, 3.63) is 66.5 Å². The van der Waals surface area contributed by atoms with Crippen LogP contribution in [0.2, 0.25) is 0 Å². The van der Waals surface area contributed by atoms with Crippen LogP contribution in [0.3, 0.4) is 0 Å². The summed E-state index contributed by atoms with van der Waals surface area (Å²) >= 11 is 0. The number of carbonyl (C=O) groups excluding carboxylic acids is 1. The van der Waals surface area contributed by atoms with Gasteiger partial charge in [-0.2, -0.15) is 0 Å². The second-order valence-corrected chi connectivity index (χ2v) is 5.56. The molecular weight excluding hydrogens is 316 g/mol. The van der Waals surface area contributed by atoms with Crippen molar-refractivity contribution in [3.63, 3.8) is 0 Å². The van der Waals surface area contributed by atoms with Gasteiger partial charge in [0.1, 0.15) is 0 Å². The maximum atomic E-state index is 12.3. The topological polar surface area (TPSA) is 80.0 Å². The minimum Gasteiger partial charge on any atom is -0.396 e. The van der Waals surface area contributed by atoms with Crippen molar-refractivity contribution in [1.82, 2.24) is 20.1 Å². The molecule has 0 fully saturated rings. The van der Waals surface area contributed by atoms with Crippen molar-refractivity contribution in [1.29, 1.82) is 0 Å². The molecule has 2 aromatic carbocycles. The van der Waals surface area contributed by atoms with E-state index in [1.54, 1.807) is 4.68 Å². The SMILES string of the molecule is O=C(NCCCCO)c1nc(-c2ccccc2)n(-c2ccccc2)n1. The lowest BCUT2D eigenvalue weighted by molar-refractivity contribution is 0.0942. The Morgan fingerprint density at radius 3 is 2.36 bits per heavy atom. The molecule has 1 amide bonds. The van der Waals surface area contributed by atoms with Gasteiger partial charge >= 0.3 is 0 Å². The van der Waals surface area contributed by atoms with Gasteiger partial charge in [-0.15, -0.1) is 5.10 Å². The Morgan fingerprint density at radius 2 is 1.68 bits per heavy atom. The van der Waals surface area contributed by atoms with Crippen LogP contribution in [0.1, 0.15) is 23.5 Å². The standard InChI is InChI=1S/C19H20N4O2/c24-14-8-7-13-20-19(25)17-21-18(15-9-3-1-4-10-15)23(22-17)16-11-5-2-6-12-16/h1-6,9-12,24H,7-8,13-14H2,(H,20,25). The first kappa shape index (κ1) is 16.9. The van der Waals surface area contributed by atoms with E-state index in [9.17, 15) is 4.79 Å². The molecule has 0 saturated heterocycles. The number of unbranched alkanes of at least 4 members (excludes halogenated alkanes) is 1. The van der Waals surface area contributed by atoms with Gasteiger partial charge in [-0.25, -0.2) is 9.67 Å². The highest BCUT2D eigenvalue weighted by molar-refractivity contribution is 5.91. The Kier molecular flexibility index (Phi) is 5.53. The van der Waals surface area contributed by atoms with Gasteiger partial charge < -0.3 is 10.4 Å². The third kappa shape index (κ3) is 4.10. The molecule has 0 bridgehead atoms. The summed E-state index contributed by atoms with van der Waals surface area (Å²) in [6.45, 7) is 0.606. The van der Waals surface area contributed by atoms with Crippen LogP contribution in [0.4, 0.5) is 0 Å². The summed E-state index contributed by atoms with van der Waals surface area (Å²) < 4.78 is 1.68. The zero-order valence-electron chi connectivity index (χ0n) is 13.8. The molecule has 128 valence electrons. The Hall–Kier alpha value is -2.99. The molecule has 3 aromatic rings. The lowest BCUT2D eigenvalue weighted by atomic mass is 10.2. The molecule has 0 atom stereocenters. The molecular formula is C19H20N4O2. The molecule has 1 heterocycles. The molecule has 0 aliphatic carbocycles. The van der Waals surface area contributed by atoms with Gasteiger partial charge in [-0.3, -0.25) is 4.79 Å². The number of aliphatic hydroxyl groups excluding tert-OH is 1. The number of nitrogens with one attached hydrogen (secondary N) is 1. The largest absolute Gasteiger partial charge is 0.396 e. The van der Waals surface area contributed by atoms with Gasteiger partial charge in [0.05, 0.1) is 5.69 Å². The van der Waals surface area contributed by atoms with Gasteiger partial charge in [-0.1, -0.05) is 48.5 Å². The van der Waals surface area contributed by atoms with Crippen molar-refractivity contribution < 1.29 is 9.90 Å². The van der Waals surface area contributed by atoms with E-state index >= 15 is 0 Å². The molecule has 6 heteroatoms. The molecule has 0 aliphatic rings. The van der Waals surface area contributed by atoms with Crippen molar-refractivity contribution in [3.8, 4) is 17.1 Å². The number of aliphatic hydroxyl groups is 1. The predicted molar refractivity (Wildman–Crippen MR) is 95.4 cm³/mol. The zero-order valence-corrected chi connectivity index (χ0v) is 13.8. The van der Waals surface area contributed by atoms with Gasteiger partial charge in [-0.05, 0) is 25.0 Å². The fourth-order valence-corrected chi connectivity index (χ4v) is 2.45. The highest BCUT2D eigenvalue weighted by Gasteiger charge is 2.18. The third-order valence-electron chi connectivity index (χ3n) is 3.71. The molecule has 0 unspecified atom stereocenters. The quantitative estimate of drug-likeness (QED) is 0.650. The fourth-order valence-electron chi connectivity index (χ4n) is 2.45. The molecule has 0 radical (unpaired) electrons. The lowest BCUT2D eigenvalue weighted by Crippen LogP contribution is -2.25. The summed E-state index contributed by atoms with van der Waals surface area (Å²) in [5.41, 5.74) is 1.73. The Morgan fingerprint density at radius 1 is 1.00 bits per heavy atom. The Balaban J connectivity index is 1.91. The first-order valence-electron chi connectivity index (χ1n) is 8.26. The number of hydrogen-bond donors (Lipinski definition) is 2. The number of para-hydroxylation sites is 1. The molecule has 25 heavy (non-hydrogen) atoms. The lowest BCUT2D eigenvalue weighted by Gasteiger charge is -2.05. The average Bonchev–Trinajstić information content (AvgIpc) is 3.12. The normalized spacial score (nSPS) is 10.6. The number of aromatic nitrogens is 3. The van der Waals surface area contributed by atoms with Gasteiger partial charge in [0.15, 0.2) is 5.82 Å². The first-order valence-corrected chi connectivity index (χ1v) is 8.26. The number of nitrogens with zero attached hydrogens (tertiary/aromatic N) is 3. The van der Waals surface area contributed by atoms with E-state index in [0.717, 1.165) is 11.3 Å². The van der Waals surface area contributed by atoms with Gasteiger partial charge in [0.25, 0.3) is 5.91 Å². The maximum Gasteiger partial charge on any atom is 0.290 e. The first-order chi connectivity index (χ1) is 12.3. The zero-order chi connectivity index (χ0) is 17.5. The summed E-state index contributed by atoms with van der Waals surface area (Å²) in [5, 5.41) is 16.0. The summed E-state index contributed by atoms with van der Waals surface area (Å²) in [5.74, 6) is 0.434. The highest BCUT2D eigenvalue weighted by atomic mass is 16.3. The van der Waals surface area contributed by atoms with Gasteiger partial charge in [0, 0.05) is 18.7 Å². The molecule has 6 nitrogen and oxygen atoms in total. The molecule has 0 aliphatic heterocycles. The molecule has 3 rings (SSSR count). The van der Waals surface area contributed by atoms with Crippen LogP contribution in [0, 0.1) is 0 Å². The van der Waals surface area contributed by atoms with E-state index in [0.29, 0.717) is 25.2 Å². The van der Waals surface area contributed by atoms with E-state index in [1.807, 2.05) is 60.7 Å². The van der Waals surface area contributed by atoms with Crippen molar-refractivity contribution in [2.75, 3.05) is 13.2 Å². The molecule has 0 spiro atoms. The Bertz CT molecular complexity index is 759. The maximum absolute atomic E-state index is 12.3. The number of carbonyl (C=O) groups is 1. The second kappa shape index (κ2) is 8.21. The van der Waals surface area contributed by atoms with Crippen molar-refractivity contribution >= 4 is 5.91 Å². The minimum absolute atomic E-state index is 0.120. The minimum atomic E-state index is -0.315. The number of rotatable bonds is 7. The number of amides is 1. The molecule has 1 aromatic heterocycles. The van der Waals surface area contributed by atoms with Crippen LogP contribution in [0.5, 0.6) is 0 Å². The summed E-state index contributed by atoms with van der Waals surface area (Å²) in [6, 6.07) is 19.3. The van der Waals surface area contributed by atoms with Crippen LogP contribution in [0.25, 0.3) is 17.1 Å². The molecule has 2 N–H and O–H groups in total. The van der Waals surface area contributed by atoms with Crippen LogP contribution in [-0.4, -0.2) is 38.9 Å². The van der Waals surface area contributed by atoms with E-state index < -0.39 is 0 Å². The van der Waals surface area contributed by atoms with Crippen LogP contribution in [-0.2, 0) is 0 Å². The fraction of sp³-hybridized carbons (Fsp3) is 0.211. The van der Waals surface area contributed by atoms with E-state index in [2.05, 4.69) is 15.4 Å². The van der Waals surface area contributed by atoms with E-state index in [4.69, 9.17) is 5.11 Å². The van der Waals surface area contributed by atoms with Crippen LogP contribution >= 0.6 is 0 Å². The number of benzene rings is 2. The smallest absolute Gasteiger partial charge is 0.290 e. The van der Waals surface area contributed by atoms with E-state index in [1.165, 1.54) is 0 Å². The number of hydrogen-bond acceptors (Lipinski definition) is 4. The summed E-state index contributed by atoms with van der Waals surface area (Å²) in [4.78, 5) is 16.8. The van der Waals surface area contributed by atoms with Gasteiger partial charge in [0.2, 0.25) is 5.82 Å². The van der Waals surface area contributed by atoms with Crippen LogP contribution in [0.15, 0.2) is 60.7 Å². The van der Waals surface area contributed by atoms with E-state index in [-0.39, 0.29) is 18.3 Å². The highest BCUT2D eigenvalue weighted by Crippen LogP contribution is 2.20. The second-order valence-electron chi connectivity index (χ2n) is 5.56. The summed E-state index contributed by atoms with van der Waals surface area (Å²) in [7, 11) is 0. The predicted octanol–water partition coefficient (Wildman–Crippen LogP) is 2.44.